The molecule has 0 unspecified atom stereocenters. The third-order valence-corrected chi connectivity index (χ3v) is 6.71. The molecular weight excluding hydrogens is 409 g/mol. The molecule has 0 radical (unpaired) electrons. The van der Waals surface area contributed by atoms with Crippen LogP contribution in [0.4, 0.5) is 4.39 Å². The SMILES string of the molecule is Cc1cccc(OCCc2noc(C3CN(S(=O)(=O)Cc4ccccc4F)C3)n2)c1. The van der Waals surface area contributed by atoms with Gasteiger partial charge in [0.05, 0.1) is 18.3 Å². The summed E-state index contributed by atoms with van der Waals surface area (Å²) in [6, 6.07) is 13.7. The monoisotopic (exact) mass is 431 g/mol. The van der Waals surface area contributed by atoms with Gasteiger partial charge < -0.3 is 9.26 Å². The van der Waals surface area contributed by atoms with Crippen LogP contribution in [-0.2, 0) is 22.2 Å². The van der Waals surface area contributed by atoms with E-state index in [1.165, 1.54) is 22.5 Å². The number of hydrogen-bond donors (Lipinski definition) is 0. The second-order valence-electron chi connectivity index (χ2n) is 7.33. The number of halogens is 1. The molecule has 0 saturated carbocycles. The summed E-state index contributed by atoms with van der Waals surface area (Å²) < 4.78 is 51.0. The smallest absolute Gasteiger partial charge is 0.232 e. The molecule has 4 rings (SSSR count). The van der Waals surface area contributed by atoms with E-state index in [9.17, 15) is 12.8 Å². The van der Waals surface area contributed by atoms with E-state index in [1.54, 1.807) is 6.07 Å². The zero-order chi connectivity index (χ0) is 21.1. The summed E-state index contributed by atoms with van der Waals surface area (Å²) in [6.07, 6.45) is 0.486. The molecule has 2 heterocycles. The van der Waals surface area contributed by atoms with Crippen molar-refractivity contribution < 1.29 is 22.1 Å². The van der Waals surface area contributed by atoms with Crippen molar-refractivity contribution in [1.29, 1.82) is 0 Å². The first-order chi connectivity index (χ1) is 14.4. The predicted octanol–water partition coefficient (Wildman–Crippen LogP) is 3.07. The van der Waals surface area contributed by atoms with E-state index in [1.807, 2.05) is 31.2 Å². The highest BCUT2D eigenvalue weighted by Gasteiger charge is 2.39. The van der Waals surface area contributed by atoms with Gasteiger partial charge in [0.1, 0.15) is 11.6 Å². The molecule has 30 heavy (non-hydrogen) atoms. The molecule has 0 amide bonds. The molecule has 1 fully saturated rings. The summed E-state index contributed by atoms with van der Waals surface area (Å²) >= 11 is 0. The number of rotatable bonds is 8. The van der Waals surface area contributed by atoms with E-state index in [2.05, 4.69) is 10.1 Å². The van der Waals surface area contributed by atoms with E-state index >= 15 is 0 Å². The molecule has 0 spiro atoms. The van der Waals surface area contributed by atoms with Crippen molar-refractivity contribution in [2.24, 2.45) is 0 Å². The highest BCUT2D eigenvalue weighted by Crippen LogP contribution is 2.30. The summed E-state index contributed by atoms with van der Waals surface area (Å²) in [4.78, 5) is 4.36. The maximum atomic E-state index is 13.8. The largest absolute Gasteiger partial charge is 0.493 e. The standard InChI is InChI=1S/C21H22FN3O4S/c1-15-5-4-7-18(11-15)28-10-9-20-23-21(29-24-20)17-12-25(13-17)30(26,27)14-16-6-2-3-8-19(16)22/h2-8,11,17H,9-10,12-14H2,1H3. The normalized spacial score (nSPS) is 15.1. The number of ether oxygens (including phenoxy) is 1. The molecule has 0 aliphatic carbocycles. The van der Waals surface area contributed by atoms with Crippen molar-refractivity contribution in [2.45, 2.75) is 25.0 Å². The second-order valence-corrected chi connectivity index (χ2v) is 9.29. The molecule has 2 aromatic carbocycles. The molecule has 158 valence electrons. The summed E-state index contributed by atoms with van der Waals surface area (Å²) in [6.45, 7) is 2.91. The number of benzene rings is 2. The first kappa shape index (κ1) is 20.5. The fourth-order valence-electron chi connectivity index (χ4n) is 3.22. The predicted molar refractivity (Wildman–Crippen MR) is 108 cm³/mol. The van der Waals surface area contributed by atoms with Gasteiger partial charge in [0, 0.05) is 25.1 Å². The number of aromatic nitrogens is 2. The van der Waals surface area contributed by atoms with E-state index in [0.29, 0.717) is 24.7 Å². The topological polar surface area (TPSA) is 85.5 Å². The maximum absolute atomic E-state index is 13.8. The summed E-state index contributed by atoms with van der Waals surface area (Å²) in [5.41, 5.74) is 1.28. The van der Waals surface area contributed by atoms with Crippen LogP contribution in [0.15, 0.2) is 53.1 Å². The van der Waals surface area contributed by atoms with Gasteiger partial charge in [-0.1, -0.05) is 35.5 Å². The molecule has 0 atom stereocenters. The minimum Gasteiger partial charge on any atom is -0.493 e. The minimum atomic E-state index is -3.60. The van der Waals surface area contributed by atoms with E-state index in [0.717, 1.165) is 11.3 Å². The van der Waals surface area contributed by atoms with Gasteiger partial charge in [-0.25, -0.2) is 12.8 Å². The molecular formula is C21H22FN3O4S. The first-order valence-electron chi connectivity index (χ1n) is 9.64. The molecule has 9 heteroatoms. The van der Waals surface area contributed by atoms with Crippen LogP contribution in [0.25, 0.3) is 0 Å². The molecule has 7 nitrogen and oxygen atoms in total. The summed E-state index contributed by atoms with van der Waals surface area (Å²) in [5, 5.41) is 3.95. The Morgan fingerprint density at radius 3 is 2.77 bits per heavy atom. The number of aryl methyl sites for hydroxylation is 1. The highest BCUT2D eigenvalue weighted by molar-refractivity contribution is 7.88. The van der Waals surface area contributed by atoms with Crippen molar-refractivity contribution in [2.75, 3.05) is 19.7 Å². The van der Waals surface area contributed by atoms with Crippen LogP contribution < -0.4 is 4.74 Å². The lowest BCUT2D eigenvalue weighted by atomic mass is 10.0. The van der Waals surface area contributed by atoms with Gasteiger partial charge >= 0.3 is 0 Å². The van der Waals surface area contributed by atoms with E-state index in [4.69, 9.17) is 9.26 Å². The van der Waals surface area contributed by atoms with Crippen LogP contribution >= 0.6 is 0 Å². The Bertz CT molecular complexity index is 1130. The van der Waals surface area contributed by atoms with Gasteiger partial charge in [0.25, 0.3) is 0 Å². The maximum Gasteiger partial charge on any atom is 0.232 e. The van der Waals surface area contributed by atoms with Crippen molar-refractivity contribution in [3.63, 3.8) is 0 Å². The quantitative estimate of drug-likeness (QED) is 0.545. The number of nitrogens with zero attached hydrogens (tertiary/aromatic N) is 3. The van der Waals surface area contributed by atoms with Crippen molar-refractivity contribution in [3.05, 3.63) is 77.2 Å². The van der Waals surface area contributed by atoms with Gasteiger partial charge in [0.15, 0.2) is 5.82 Å². The minimum absolute atomic E-state index is 0.153. The average molecular weight is 431 g/mol. The van der Waals surface area contributed by atoms with Crippen LogP contribution in [-0.4, -0.2) is 42.6 Å². The lowest BCUT2D eigenvalue weighted by Gasteiger charge is -2.35. The Morgan fingerprint density at radius 2 is 2.00 bits per heavy atom. The Kier molecular flexibility index (Phi) is 5.83. The number of hydrogen-bond acceptors (Lipinski definition) is 6. The van der Waals surface area contributed by atoms with Gasteiger partial charge in [0.2, 0.25) is 15.9 Å². The molecule has 1 aliphatic heterocycles. The molecule has 0 N–H and O–H groups in total. The van der Waals surface area contributed by atoms with Crippen LogP contribution in [0.2, 0.25) is 0 Å². The lowest BCUT2D eigenvalue weighted by molar-refractivity contribution is 0.216. The zero-order valence-electron chi connectivity index (χ0n) is 16.5. The van der Waals surface area contributed by atoms with Crippen molar-refractivity contribution >= 4 is 10.0 Å². The van der Waals surface area contributed by atoms with E-state index in [-0.39, 0.29) is 30.3 Å². The lowest BCUT2D eigenvalue weighted by Crippen LogP contribution is -2.48. The summed E-state index contributed by atoms with van der Waals surface area (Å²) in [5.74, 6) is 0.682. The van der Waals surface area contributed by atoms with Crippen LogP contribution in [0, 0.1) is 12.7 Å². The molecule has 1 saturated heterocycles. The van der Waals surface area contributed by atoms with Crippen molar-refractivity contribution in [3.8, 4) is 5.75 Å². The Labute approximate surface area is 174 Å². The van der Waals surface area contributed by atoms with Crippen LogP contribution in [0.5, 0.6) is 5.75 Å². The summed E-state index contributed by atoms with van der Waals surface area (Å²) in [7, 11) is -3.60. The average Bonchev–Trinajstić information content (AvgIpc) is 3.10. The second kappa shape index (κ2) is 8.53. The molecule has 3 aromatic rings. The Hall–Kier alpha value is -2.78. The van der Waals surface area contributed by atoms with Gasteiger partial charge in [-0.2, -0.15) is 9.29 Å². The number of sulfonamides is 1. The molecule has 1 aliphatic rings. The fourth-order valence-corrected chi connectivity index (χ4v) is 4.85. The third kappa shape index (κ3) is 4.68. The van der Waals surface area contributed by atoms with Crippen molar-refractivity contribution in [1.82, 2.24) is 14.4 Å². The highest BCUT2D eigenvalue weighted by atomic mass is 32.2. The Balaban J connectivity index is 1.28. The first-order valence-corrected chi connectivity index (χ1v) is 11.2. The molecule has 1 aromatic heterocycles. The zero-order valence-corrected chi connectivity index (χ0v) is 17.3. The van der Waals surface area contributed by atoms with Crippen LogP contribution in [0.1, 0.15) is 28.8 Å². The van der Waals surface area contributed by atoms with Gasteiger partial charge in [-0.3, -0.25) is 0 Å². The van der Waals surface area contributed by atoms with Gasteiger partial charge in [-0.15, -0.1) is 0 Å². The van der Waals surface area contributed by atoms with E-state index < -0.39 is 15.8 Å². The molecule has 0 bridgehead atoms. The third-order valence-electron chi connectivity index (χ3n) is 4.95. The van der Waals surface area contributed by atoms with Crippen LogP contribution in [0.3, 0.4) is 0 Å². The Morgan fingerprint density at radius 1 is 1.20 bits per heavy atom. The fraction of sp³-hybridized carbons (Fsp3) is 0.333. The van der Waals surface area contributed by atoms with Gasteiger partial charge in [-0.05, 0) is 30.7 Å².